The number of nitrogens with zero attached hydrogens (tertiary/aromatic N) is 1. The molecule has 7 heteroatoms. The topological polar surface area (TPSA) is 86.5 Å². The van der Waals surface area contributed by atoms with E-state index in [4.69, 9.17) is 16.3 Å². The van der Waals surface area contributed by atoms with Crippen molar-refractivity contribution in [3.05, 3.63) is 66.7 Å². The molecule has 0 fully saturated rings. The summed E-state index contributed by atoms with van der Waals surface area (Å²) in [5.41, 5.74) is 0.667. The Hall–Kier alpha value is -2.73. The number of nitro benzene ring substituents is 1. The van der Waals surface area contributed by atoms with Crippen molar-refractivity contribution in [1.29, 1.82) is 0 Å². The third kappa shape index (κ3) is 2.03. The molecule has 0 saturated heterocycles. The van der Waals surface area contributed by atoms with Gasteiger partial charge in [-0.2, -0.15) is 0 Å². The maximum absolute atomic E-state index is 13.0. The van der Waals surface area contributed by atoms with Crippen LogP contribution >= 0.6 is 11.6 Å². The smallest absolute Gasteiger partial charge is 0.281 e. The molecule has 0 amide bonds. The van der Waals surface area contributed by atoms with Crippen molar-refractivity contribution >= 4 is 28.9 Å². The van der Waals surface area contributed by atoms with Gasteiger partial charge in [-0.15, -0.1) is 0 Å². The van der Waals surface area contributed by atoms with E-state index in [1.165, 1.54) is 13.2 Å². The van der Waals surface area contributed by atoms with Gasteiger partial charge >= 0.3 is 0 Å². The minimum Gasteiger partial charge on any atom is -0.496 e. The lowest BCUT2D eigenvalue weighted by atomic mass is 9.80. The van der Waals surface area contributed by atoms with Crippen LogP contribution < -0.4 is 4.74 Å². The van der Waals surface area contributed by atoms with Crippen LogP contribution in [-0.4, -0.2) is 23.6 Å². The number of methoxy groups -OCH3 is 1. The van der Waals surface area contributed by atoms with E-state index in [1.54, 1.807) is 19.9 Å². The highest BCUT2D eigenvalue weighted by Gasteiger charge is 2.39. The van der Waals surface area contributed by atoms with Crippen molar-refractivity contribution in [2.24, 2.45) is 0 Å². The highest BCUT2D eigenvalue weighted by molar-refractivity contribution is 6.40. The molecule has 24 heavy (non-hydrogen) atoms. The predicted octanol–water partition coefficient (Wildman–Crippen LogP) is 3.65. The minimum atomic E-state index is -0.688. The Morgan fingerprint density at radius 2 is 1.75 bits per heavy atom. The zero-order chi connectivity index (χ0) is 17.8. The molecule has 1 aliphatic carbocycles. The third-order valence-electron chi connectivity index (χ3n) is 4.16. The quantitative estimate of drug-likeness (QED) is 0.522. The molecule has 0 N–H and O–H groups in total. The number of hydrogen-bond donors (Lipinski definition) is 0. The van der Waals surface area contributed by atoms with Crippen LogP contribution in [0.2, 0.25) is 5.02 Å². The Morgan fingerprint density at radius 1 is 1.08 bits per heavy atom. The van der Waals surface area contributed by atoms with E-state index in [-0.39, 0.29) is 27.3 Å². The zero-order valence-electron chi connectivity index (χ0n) is 13.1. The molecule has 0 aliphatic heterocycles. The van der Waals surface area contributed by atoms with Crippen molar-refractivity contribution in [3.63, 3.8) is 0 Å². The summed E-state index contributed by atoms with van der Waals surface area (Å²) < 4.78 is 5.29. The van der Waals surface area contributed by atoms with Crippen LogP contribution in [0.5, 0.6) is 5.75 Å². The molecule has 0 saturated carbocycles. The maximum Gasteiger partial charge on any atom is 0.281 e. The summed E-state index contributed by atoms with van der Waals surface area (Å²) in [5, 5.41) is 11.3. The molecule has 6 nitrogen and oxygen atoms in total. The van der Waals surface area contributed by atoms with Gasteiger partial charge in [0.25, 0.3) is 5.69 Å². The van der Waals surface area contributed by atoms with E-state index >= 15 is 0 Å². The number of halogens is 1. The molecule has 0 atom stereocenters. The molecule has 1 aliphatic rings. The second-order valence-corrected chi connectivity index (χ2v) is 5.91. The number of carbonyl (C=O) groups excluding carboxylic acids is 2. The van der Waals surface area contributed by atoms with Gasteiger partial charge in [-0.05, 0) is 31.5 Å². The van der Waals surface area contributed by atoms with E-state index in [0.717, 1.165) is 6.07 Å². The molecule has 2 aromatic carbocycles. The van der Waals surface area contributed by atoms with Gasteiger partial charge in [0, 0.05) is 22.8 Å². The third-order valence-corrected chi connectivity index (χ3v) is 4.48. The SMILES string of the molecule is COc1c(C)cc2c(c1C)C(=O)c1c([N+](=O)[O-])ccc(Cl)c1C2=O. The van der Waals surface area contributed by atoms with Crippen LogP contribution in [0.15, 0.2) is 18.2 Å². The van der Waals surface area contributed by atoms with Gasteiger partial charge in [-0.1, -0.05) is 11.6 Å². The molecule has 0 heterocycles. The normalized spacial score (nSPS) is 12.7. The summed E-state index contributed by atoms with van der Waals surface area (Å²) >= 11 is 6.06. The Kier molecular flexibility index (Phi) is 3.64. The summed E-state index contributed by atoms with van der Waals surface area (Å²) in [7, 11) is 1.46. The molecule has 0 unspecified atom stereocenters. The van der Waals surface area contributed by atoms with E-state index in [1.807, 2.05) is 0 Å². The average Bonchev–Trinajstić information content (AvgIpc) is 2.51. The van der Waals surface area contributed by atoms with Gasteiger partial charge in [-0.25, -0.2) is 0 Å². The number of ketones is 2. The zero-order valence-corrected chi connectivity index (χ0v) is 13.9. The molecule has 122 valence electrons. The average molecular weight is 346 g/mol. The Bertz CT molecular complexity index is 949. The molecular formula is C17H12ClNO5. The number of nitro groups is 1. The second-order valence-electron chi connectivity index (χ2n) is 5.51. The molecular weight excluding hydrogens is 334 g/mol. The first-order chi connectivity index (χ1) is 11.3. The van der Waals surface area contributed by atoms with Crippen molar-refractivity contribution < 1.29 is 19.2 Å². The fraction of sp³-hybridized carbons (Fsp3) is 0.176. The first kappa shape index (κ1) is 16.1. The Balaban J connectivity index is 2.44. The molecule has 3 rings (SSSR count). The van der Waals surface area contributed by atoms with Crippen LogP contribution in [0.1, 0.15) is 43.0 Å². The number of benzene rings is 2. The van der Waals surface area contributed by atoms with Gasteiger partial charge in [0.15, 0.2) is 5.78 Å². The van der Waals surface area contributed by atoms with E-state index in [9.17, 15) is 19.7 Å². The number of rotatable bonds is 2. The van der Waals surface area contributed by atoms with Gasteiger partial charge in [-0.3, -0.25) is 19.7 Å². The van der Waals surface area contributed by atoms with Crippen LogP contribution in [0.25, 0.3) is 0 Å². The van der Waals surface area contributed by atoms with E-state index < -0.39 is 22.2 Å². The van der Waals surface area contributed by atoms with Crippen LogP contribution in [0, 0.1) is 24.0 Å². The summed E-state index contributed by atoms with van der Waals surface area (Å²) in [4.78, 5) is 36.4. The van der Waals surface area contributed by atoms with E-state index in [2.05, 4.69) is 0 Å². The van der Waals surface area contributed by atoms with Gasteiger partial charge in [0.2, 0.25) is 5.78 Å². The summed E-state index contributed by atoms with van der Waals surface area (Å²) in [5.74, 6) is -0.616. The van der Waals surface area contributed by atoms with Crippen LogP contribution in [0.4, 0.5) is 5.69 Å². The van der Waals surface area contributed by atoms with Crippen molar-refractivity contribution in [2.45, 2.75) is 13.8 Å². The number of fused-ring (bicyclic) bond motifs is 2. The van der Waals surface area contributed by atoms with Gasteiger partial charge in [0.05, 0.1) is 22.6 Å². The first-order valence-electron chi connectivity index (χ1n) is 7.04. The summed E-state index contributed by atoms with van der Waals surface area (Å²) in [6.45, 7) is 3.41. The summed E-state index contributed by atoms with van der Waals surface area (Å²) in [6.07, 6.45) is 0. The fourth-order valence-electron chi connectivity index (χ4n) is 3.18. The minimum absolute atomic E-state index is 0.0192. The molecule has 0 radical (unpaired) electrons. The number of aryl methyl sites for hydroxylation is 1. The van der Waals surface area contributed by atoms with Crippen LogP contribution in [0.3, 0.4) is 0 Å². The Labute approximate surface area is 142 Å². The highest BCUT2D eigenvalue weighted by Crippen LogP contribution is 2.40. The maximum atomic E-state index is 13.0. The van der Waals surface area contributed by atoms with Gasteiger partial charge < -0.3 is 4.74 Å². The number of hydrogen-bond acceptors (Lipinski definition) is 5. The lowest BCUT2D eigenvalue weighted by Gasteiger charge is -2.22. The molecule has 0 bridgehead atoms. The Morgan fingerprint density at radius 3 is 2.33 bits per heavy atom. The molecule has 0 spiro atoms. The standard InChI is InChI=1S/C17H12ClNO5/c1-7-6-9-12(8(2)17(7)24-3)16(21)14-11(19(22)23)5-4-10(18)13(14)15(9)20/h4-6H,1-3H3. The van der Waals surface area contributed by atoms with Crippen molar-refractivity contribution in [3.8, 4) is 5.75 Å². The highest BCUT2D eigenvalue weighted by atomic mass is 35.5. The lowest BCUT2D eigenvalue weighted by molar-refractivity contribution is -0.385. The lowest BCUT2D eigenvalue weighted by Crippen LogP contribution is -2.24. The monoisotopic (exact) mass is 345 g/mol. The van der Waals surface area contributed by atoms with Crippen molar-refractivity contribution in [2.75, 3.05) is 7.11 Å². The van der Waals surface area contributed by atoms with Crippen molar-refractivity contribution in [1.82, 2.24) is 0 Å². The molecule has 0 aromatic heterocycles. The van der Waals surface area contributed by atoms with Crippen LogP contribution in [-0.2, 0) is 0 Å². The number of carbonyl (C=O) groups is 2. The number of ether oxygens (including phenoxy) is 1. The second kappa shape index (κ2) is 5.42. The molecule has 2 aromatic rings. The predicted molar refractivity (Wildman–Crippen MR) is 87.4 cm³/mol. The van der Waals surface area contributed by atoms with E-state index in [0.29, 0.717) is 16.9 Å². The first-order valence-corrected chi connectivity index (χ1v) is 7.41. The summed E-state index contributed by atoms with van der Waals surface area (Å²) in [6, 6.07) is 3.95. The fourth-order valence-corrected chi connectivity index (χ4v) is 3.42. The largest absolute Gasteiger partial charge is 0.496 e. The van der Waals surface area contributed by atoms with Gasteiger partial charge in [0.1, 0.15) is 11.3 Å².